The lowest BCUT2D eigenvalue weighted by Gasteiger charge is -2.29. The molecule has 2 aliphatic heterocycles. The normalized spacial score (nSPS) is 16.8. The topological polar surface area (TPSA) is 59.1 Å². The SMILES string of the molecule is CCCOc1ccc(C2=C(N3CCOCC3)C(=O)N(CCc3ccc(F)cc3)C2=O)cc1. The molecule has 0 radical (unpaired) electrons. The number of hydrogen-bond acceptors (Lipinski definition) is 5. The molecule has 0 atom stereocenters. The summed E-state index contributed by atoms with van der Waals surface area (Å²) in [7, 11) is 0. The number of carbonyl (C=O) groups is 2. The second kappa shape index (κ2) is 9.96. The summed E-state index contributed by atoms with van der Waals surface area (Å²) in [6.45, 7) is 5.03. The Bertz CT molecular complexity index is 996. The highest BCUT2D eigenvalue weighted by atomic mass is 19.1. The fourth-order valence-electron chi connectivity index (χ4n) is 3.94. The van der Waals surface area contributed by atoms with Gasteiger partial charge in [0.15, 0.2) is 0 Å². The first kappa shape index (κ1) is 22.0. The van der Waals surface area contributed by atoms with Crippen molar-refractivity contribution in [3.8, 4) is 5.75 Å². The number of halogens is 1. The molecule has 0 aromatic heterocycles. The van der Waals surface area contributed by atoms with Crippen molar-refractivity contribution in [2.75, 3.05) is 39.5 Å². The van der Waals surface area contributed by atoms with Crippen LogP contribution in [0.4, 0.5) is 4.39 Å². The van der Waals surface area contributed by atoms with Crippen LogP contribution in [0.1, 0.15) is 24.5 Å². The number of imide groups is 1. The molecule has 0 bridgehead atoms. The van der Waals surface area contributed by atoms with Crippen LogP contribution in [0.5, 0.6) is 5.75 Å². The maximum Gasteiger partial charge on any atom is 0.277 e. The van der Waals surface area contributed by atoms with Gasteiger partial charge in [0.1, 0.15) is 17.3 Å². The molecule has 7 heteroatoms. The predicted octanol–water partition coefficient (Wildman–Crippen LogP) is 3.27. The van der Waals surface area contributed by atoms with E-state index in [1.165, 1.54) is 17.0 Å². The van der Waals surface area contributed by atoms with Gasteiger partial charge in [0.25, 0.3) is 11.8 Å². The molecule has 0 spiro atoms. The van der Waals surface area contributed by atoms with Gasteiger partial charge in [0.2, 0.25) is 0 Å². The van der Waals surface area contributed by atoms with E-state index < -0.39 is 0 Å². The Kier molecular flexibility index (Phi) is 6.85. The Balaban J connectivity index is 1.60. The van der Waals surface area contributed by atoms with Crippen LogP contribution in [-0.2, 0) is 20.7 Å². The van der Waals surface area contributed by atoms with Crippen molar-refractivity contribution in [3.05, 3.63) is 71.2 Å². The van der Waals surface area contributed by atoms with Gasteiger partial charge in [-0.2, -0.15) is 0 Å². The molecule has 1 saturated heterocycles. The first-order chi connectivity index (χ1) is 15.6. The summed E-state index contributed by atoms with van der Waals surface area (Å²) in [5.41, 5.74) is 2.40. The maximum atomic E-state index is 13.4. The van der Waals surface area contributed by atoms with E-state index in [4.69, 9.17) is 9.47 Å². The van der Waals surface area contributed by atoms with E-state index in [-0.39, 0.29) is 24.2 Å². The van der Waals surface area contributed by atoms with Gasteiger partial charge in [-0.05, 0) is 48.2 Å². The third kappa shape index (κ3) is 4.67. The molecule has 2 aliphatic rings. The molecule has 0 N–H and O–H groups in total. The van der Waals surface area contributed by atoms with Crippen LogP contribution in [0, 0.1) is 5.82 Å². The fraction of sp³-hybridized carbons (Fsp3) is 0.360. The lowest BCUT2D eigenvalue weighted by Crippen LogP contribution is -2.40. The molecule has 168 valence electrons. The molecule has 2 heterocycles. The summed E-state index contributed by atoms with van der Waals surface area (Å²) >= 11 is 0. The van der Waals surface area contributed by atoms with E-state index in [0.717, 1.165) is 17.7 Å². The molecular weight excluding hydrogens is 411 g/mol. The largest absolute Gasteiger partial charge is 0.494 e. The zero-order valence-electron chi connectivity index (χ0n) is 18.2. The highest BCUT2D eigenvalue weighted by molar-refractivity contribution is 6.35. The average Bonchev–Trinajstić information content (AvgIpc) is 3.07. The molecule has 4 rings (SSSR count). The van der Waals surface area contributed by atoms with E-state index in [9.17, 15) is 14.0 Å². The molecule has 2 aromatic rings. The van der Waals surface area contributed by atoms with E-state index in [1.807, 2.05) is 36.1 Å². The van der Waals surface area contributed by atoms with Gasteiger partial charge in [-0.25, -0.2) is 4.39 Å². The highest BCUT2D eigenvalue weighted by Gasteiger charge is 2.41. The van der Waals surface area contributed by atoms with E-state index in [1.54, 1.807) is 12.1 Å². The number of benzene rings is 2. The van der Waals surface area contributed by atoms with Crippen molar-refractivity contribution >= 4 is 17.4 Å². The third-order valence-corrected chi connectivity index (χ3v) is 5.62. The predicted molar refractivity (Wildman–Crippen MR) is 118 cm³/mol. The second-order valence-electron chi connectivity index (χ2n) is 7.83. The minimum absolute atomic E-state index is 0.234. The summed E-state index contributed by atoms with van der Waals surface area (Å²) < 4.78 is 24.3. The minimum Gasteiger partial charge on any atom is -0.494 e. The van der Waals surface area contributed by atoms with Crippen molar-refractivity contribution in [3.63, 3.8) is 0 Å². The summed E-state index contributed by atoms with van der Waals surface area (Å²) in [5.74, 6) is -0.179. The summed E-state index contributed by atoms with van der Waals surface area (Å²) in [6, 6.07) is 13.4. The van der Waals surface area contributed by atoms with Crippen LogP contribution in [-0.4, -0.2) is 61.1 Å². The molecule has 0 unspecified atom stereocenters. The maximum absolute atomic E-state index is 13.4. The zero-order chi connectivity index (χ0) is 22.5. The van der Waals surface area contributed by atoms with E-state index >= 15 is 0 Å². The second-order valence-corrected chi connectivity index (χ2v) is 7.83. The summed E-state index contributed by atoms with van der Waals surface area (Å²) in [4.78, 5) is 30.0. The van der Waals surface area contributed by atoms with Crippen molar-refractivity contribution in [1.82, 2.24) is 9.80 Å². The third-order valence-electron chi connectivity index (χ3n) is 5.62. The number of morpholine rings is 1. The molecule has 6 nitrogen and oxygen atoms in total. The zero-order valence-corrected chi connectivity index (χ0v) is 18.2. The van der Waals surface area contributed by atoms with Crippen LogP contribution >= 0.6 is 0 Å². The Labute approximate surface area is 187 Å². The van der Waals surface area contributed by atoms with Crippen LogP contribution in [0.2, 0.25) is 0 Å². The molecule has 0 aliphatic carbocycles. The smallest absolute Gasteiger partial charge is 0.277 e. The van der Waals surface area contributed by atoms with Gasteiger partial charge in [0.05, 0.1) is 25.4 Å². The number of nitrogens with zero attached hydrogens (tertiary/aromatic N) is 2. The van der Waals surface area contributed by atoms with Gasteiger partial charge >= 0.3 is 0 Å². The number of ether oxygens (including phenoxy) is 2. The highest BCUT2D eigenvalue weighted by Crippen LogP contribution is 2.33. The van der Waals surface area contributed by atoms with Crippen LogP contribution in [0.25, 0.3) is 5.57 Å². The number of amides is 2. The average molecular weight is 438 g/mol. The van der Waals surface area contributed by atoms with Gasteiger partial charge in [-0.3, -0.25) is 14.5 Å². The van der Waals surface area contributed by atoms with Crippen LogP contribution in [0.3, 0.4) is 0 Å². The standard InChI is InChI=1S/C25H27FN2O4/c1-2-15-32-21-9-5-19(6-10-21)22-23(27-13-16-31-17-14-27)25(30)28(24(22)29)12-11-18-3-7-20(26)8-4-18/h3-10H,2,11-17H2,1H3. The molecule has 32 heavy (non-hydrogen) atoms. The van der Waals surface area contributed by atoms with Crippen molar-refractivity contribution in [1.29, 1.82) is 0 Å². The lowest BCUT2D eigenvalue weighted by atomic mass is 10.0. The monoisotopic (exact) mass is 438 g/mol. The van der Waals surface area contributed by atoms with Gasteiger partial charge in [-0.15, -0.1) is 0 Å². The van der Waals surface area contributed by atoms with Crippen molar-refractivity contribution in [2.24, 2.45) is 0 Å². The Morgan fingerprint density at radius 2 is 1.66 bits per heavy atom. The number of hydrogen-bond donors (Lipinski definition) is 0. The van der Waals surface area contributed by atoms with Gasteiger partial charge < -0.3 is 14.4 Å². The number of rotatable bonds is 8. The lowest BCUT2D eigenvalue weighted by molar-refractivity contribution is -0.137. The van der Waals surface area contributed by atoms with E-state index in [2.05, 4.69) is 0 Å². The van der Waals surface area contributed by atoms with Gasteiger partial charge in [-0.1, -0.05) is 31.2 Å². The first-order valence-electron chi connectivity index (χ1n) is 11.0. The molecule has 2 aromatic carbocycles. The van der Waals surface area contributed by atoms with Gasteiger partial charge in [0, 0.05) is 19.6 Å². The first-order valence-corrected chi connectivity index (χ1v) is 11.0. The quantitative estimate of drug-likeness (QED) is 0.592. The Morgan fingerprint density at radius 1 is 0.969 bits per heavy atom. The molecule has 1 fully saturated rings. The minimum atomic E-state index is -0.313. The van der Waals surface area contributed by atoms with Crippen molar-refractivity contribution in [2.45, 2.75) is 19.8 Å². The summed E-state index contributed by atoms with van der Waals surface area (Å²) in [5, 5.41) is 0. The van der Waals surface area contributed by atoms with E-state index in [0.29, 0.717) is 56.2 Å². The van der Waals surface area contributed by atoms with Crippen molar-refractivity contribution < 1.29 is 23.5 Å². The van der Waals surface area contributed by atoms with Crippen LogP contribution in [0.15, 0.2) is 54.2 Å². The molecular formula is C25H27FN2O4. The Hall–Kier alpha value is -3.19. The van der Waals surface area contributed by atoms with Crippen LogP contribution < -0.4 is 4.74 Å². The molecule has 2 amide bonds. The Morgan fingerprint density at radius 3 is 2.31 bits per heavy atom. The summed E-state index contributed by atoms with van der Waals surface area (Å²) in [6.07, 6.45) is 1.37. The number of carbonyl (C=O) groups excluding carboxylic acids is 2. The molecule has 0 saturated carbocycles. The fourth-order valence-corrected chi connectivity index (χ4v) is 3.94.